The average Bonchev–Trinajstić information content (AvgIpc) is 3.51. The Bertz CT molecular complexity index is 1300. The molecule has 2 heterocycles. The number of nitrogens with zero attached hydrogens (tertiary/aromatic N) is 2. The van der Waals surface area contributed by atoms with Crippen LogP contribution in [0, 0.1) is 20.8 Å². The summed E-state index contributed by atoms with van der Waals surface area (Å²) in [6, 6.07) is 16.9. The molecule has 0 aromatic heterocycles. The molecule has 3 aromatic rings. The largest absolute Gasteiger partial charge is 0.441 e. The van der Waals surface area contributed by atoms with Gasteiger partial charge in [0.05, 0.1) is 5.56 Å². The summed E-state index contributed by atoms with van der Waals surface area (Å²) in [7, 11) is 0. The number of aryl methyl sites for hydroxylation is 1. The lowest BCUT2D eigenvalue weighted by molar-refractivity contribution is 0.0249. The zero-order chi connectivity index (χ0) is 25.6. The molecule has 3 aromatic carbocycles. The summed E-state index contributed by atoms with van der Waals surface area (Å²) in [6.45, 7) is 14.6. The molecule has 1 unspecified atom stereocenters. The first-order chi connectivity index (χ1) is 17.3. The number of ether oxygens (including phenoxy) is 1. The first-order valence-electron chi connectivity index (χ1n) is 13.2. The number of anilines is 3. The number of cyclic esters (lactones) is 1. The van der Waals surface area contributed by atoms with Crippen LogP contribution in [-0.4, -0.2) is 32.1 Å². The molecule has 0 bridgehead atoms. The van der Waals surface area contributed by atoms with E-state index in [1.54, 1.807) is 6.07 Å². The predicted molar refractivity (Wildman–Crippen MR) is 148 cm³/mol. The third kappa shape index (κ3) is 3.64. The summed E-state index contributed by atoms with van der Waals surface area (Å²) < 4.78 is 6.46. The van der Waals surface area contributed by atoms with Crippen molar-refractivity contribution in [2.45, 2.75) is 53.1 Å². The number of nitrogens with two attached hydrogens (primary N) is 1. The minimum Gasteiger partial charge on any atom is -0.441 e. The second-order valence-corrected chi connectivity index (χ2v) is 10.1. The second kappa shape index (κ2) is 9.20. The van der Waals surface area contributed by atoms with Crippen LogP contribution >= 0.6 is 0 Å². The number of rotatable bonds is 6. The van der Waals surface area contributed by atoms with Gasteiger partial charge in [-0.3, -0.25) is 0 Å². The number of hydrogen-bond donors (Lipinski definition) is 1. The molecule has 2 aliphatic heterocycles. The van der Waals surface area contributed by atoms with Gasteiger partial charge < -0.3 is 20.3 Å². The number of esters is 1. The zero-order valence-electron chi connectivity index (χ0n) is 22.1. The zero-order valence-corrected chi connectivity index (χ0v) is 22.1. The van der Waals surface area contributed by atoms with Crippen LogP contribution in [0.25, 0.3) is 0 Å². The molecule has 5 nitrogen and oxygen atoms in total. The van der Waals surface area contributed by atoms with Gasteiger partial charge in [0.2, 0.25) is 0 Å². The molecule has 0 spiro atoms. The van der Waals surface area contributed by atoms with E-state index in [1.165, 1.54) is 24.2 Å². The van der Waals surface area contributed by atoms with E-state index in [2.05, 4.69) is 80.0 Å². The van der Waals surface area contributed by atoms with Gasteiger partial charge >= 0.3 is 5.97 Å². The van der Waals surface area contributed by atoms with Gasteiger partial charge in [0.1, 0.15) is 0 Å². The fraction of sp³-hybridized carbons (Fsp3) is 0.387. The number of benzene rings is 3. The molecule has 36 heavy (non-hydrogen) atoms. The maximum Gasteiger partial charge on any atom is 0.340 e. The Balaban J connectivity index is 1.74. The molecule has 2 N–H and O–H groups in total. The fourth-order valence-electron chi connectivity index (χ4n) is 6.06. The Hall–Kier alpha value is -3.47. The molecule has 5 heteroatoms. The normalized spacial score (nSPS) is 18.9. The van der Waals surface area contributed by atoms with Crippen LogP contribution in [0.1, 0.15) is 70.4 Å². The summed E-state index contributed by atoms with van der Waals surface area (Å²) in [5.41, 5.74) is 14.8. The Morgan fingerprint density at radius 2 is 1.61 bits per heavy atom. The van der Waals surface area contributed by atoms with Crippen LogP contribution in [-0.2, 0) is 10.3 Å². The Morgan fingerprint density at radius 1 is 0.944 bits per heavy atom. The lowest BCUT2D eigenvalue weighted by Crippen LogP contribution is -2.32. The summed E-state index contributed by atoms with van der Waals surface area (Å²) in [5.74, 6) is -0.323. The molecule has 1 atom stereocenters. The number of carbonyl (C=O) groups is 1. The molecule has 188 valence electrons. The second-order valence-electron chi connectivity index (χ2n) is 10.1. The van der Waals surface area contributed by atoms with Crippen LogP contribution in [0.3, 0.4) is 0 Å². The Morgan fingerprint density at radius 3 is 2.22 bits per heavy atom. The molecule has 0 aliphatic carbocycles. The van der Waals surface area contributed by atoms with Crippen LogP contribution in [0.4, 0.5) is 17.1 Å². The highest BCUT2D eigenvalue weighted by Gasteiger charge is 2.50. The topological polar surface area (TPSA) is 58.8 Å². The third-order valence-corrected chi connectivity index (χ3v) is 8.22. The van der Waals surface area contributed by atoms with E-state index in [1.807, 2.05) is 6.92 Å². The Labute approximate surface area is 214 Å². The van der Waals surface area contributed by atoms with Crippen molar-refractivity contribution in [3.63, 3.8) is 0 Å². The van der Waals surface area contributed by atoms with E-state index in [4.69, 9.17) is 10.5 Å². The van der Waals surface area contributed by atoms with Crippen LogP contribution < -0.4 is 15.5 Å². The van der Waals surface area contributed by atoms with Crippen molar-refractivity contribution in [3.8, 4) is 0 Å². The van der Waals surface area contributed by atoms with Gasteiger partial charge in [-0.2, -0.15) is 0 Å². The van der Waals surface area contributed by atoms with E-state index in [0.717, 1.165) is 59.6 Å². The van der Waals surface area contributed by atoms with E-state index >= 15 is 0 Å². The van der Waals surface area contributed by atoms with Gasteiger partial charge in [0.25, 0.3) is 0 Å². The van der Waals surface area contributed by atoms with E-state index in [9.17, 15) is 4.79 Å². The summed E-state index contributed by atoms with van der Waals surface area (Å²) in [4.78, 5) is 18.2. The van der Waals surface area contributed by atoms with Gasteiger partial charge in [-0.25, -0.2) is 4.79 Å². The number of fused-ring (bicyclic) bond motifs is 1. The maximum absolute atomic E-state index is 13.4. The highest BCUT2D eigenvalue weighted by Crippen LogP contribution is 2.51. The predicted octanol–water partition coefficient (Wildman–Crippen LogP) is 6.10. The van der Waals surface area contributed by atoms with Crippen molar-refractivity contribution in [1.82, 2.24) is 0 Å². The first-order valence-corrected chi connectivity index (χ1v) is 13.2. The maximum atomic E-state index is 13.4. The lowest BCUT2D eigenvalue weighted by Gasteiger charge is -2.34. The number of carbonyl (C=O) groups excluding carboxylic acids is 1. The molecule has 0 amide bonds. The third-order valence-electron chi connectivity index (χ3n) is 8.22. The van der Waals surface area contributed by atoms with E-state index in [-0.39, 0.29) is 5.97 Å². The minimum absolute atomic E-state index is 0.323. The van der Waals surface area contributed by atoms with Crippen molar-refractivity contribution >= 4 is 23.0 Å². The standard InChI is InChI=1S/C31H37N3O2/c1-6-33(7-2)25-14-15-27(20(3)18-25)31(23-10-12-24(13-11-23)34-16-8-9-17-34)29-22(5)21(4)28(32)19-26(29)30(35)36-31/h10-15,18-19H,6-9,16-17,32H2,1-5H3. The van der Waals surface area contributed by atoms with Gasteiger partial charge in [-0.05, 0) is 94.5 Å². The number of hydrogen-bond acceptors (Lipinski definition) is 5. The molecular formula is C31H37N3O2. The van der Waals surface area contributed by atoms with Crippen molar-refractivity contribution in [2.75, 3.05) is 41.7 Å². The van der Waals surface area contributed by atoms with Gasteiger partial charge in [0.15, 0.2) is 5.60 Å². The molecule has 1 fully saturated rings. The van der Waals surface area contributed by atoms with Gasteiger partial charge in [0, 0.05) is 59.9 Å². The molecular weight excluding hydrogens is 446 g/mol. The van der Waals surface area contributed by atoms with Crippen LogP contribution in [0.5, 0.6) is 0 Å². The molecule has 0 radical (unpaired) electrons. The molecule has 5 rings (SSSR count). The van der Waals surface area contributed by atoms with E-state index in [0.29, 0.717) is 11.3 Å². The Kier molecular flexibility index (Phi) is 6.19. The van der Waals surface area contributed by atoms with Crippen molar-refractivity contribution in [2.24, 2.45) is 0 Å². The van der Waals surface area contributed by atoms with Crippen LogP contribution in [0.15, 0.2) is 48.5 Å². The van der Waals surface area contributed by atoms with Crippen molar-refractivity contribution in [1.29, 1.82) is 0 Å². The van der Waals surface area contributed by atoms with Crippen molar-refractivity contribution in [3.05, 3.63) is 87.5 Å². The first kappa shape index (κ1) is 24.2. The highest BCUT2D eigenvalue weighted by atomic mass is 16.6. The van der Waals surface area contributed by atoms with Crippen molar-refractivity contribution < 1.29 is 9.53 Å². The van der Waals surface area contributed by atoms with Crippen LogP contribution in [0.2, 0.25) is 0 Å². The van der Waals surface area contributed by atoms with Gasteiger partial charge in [-0.1, -0.05) is 18.2 Å². The fourth-order valence-corrected chi connectivity index (χ4v) is 6.06. The quantitative estimate of drug-likeness (QED) is 0.339. The monoisotopic (exact) mass is 483 g/mol. The highest BCUT2D eigenvalue weighted by molar-refractivity contribution is 5.98. The SMILES string of the molecule is CCN(CC)c1ccc(C2(c3ccc(N4CCCC4)cc3)OC(=O)c3cc(N)c(C)c(C)c32)c(C)c1. The average molecular weight is 484 g/mol. The molecule has 0 saturated carbocycles. The molecule has 1 saturated heterocycles. The summed E-state index contributed by atoms with van der Waals surface area (Å²) >= 11 is 0. The van der Waals surface area contributed by atoms with Gasteiger partial charge in [-0.15, -0.1) is 0 Å². The van der Waals surface area contributed by atoms with E-state index < -0.39 is 5.60 Å². The minimum atomic E-state index is -1.02. The summed E-state index contributed by atoms with van der Waals surface area (Å²) in [5, 5.41) is 0. The molecule has 2 aliphatic rings. The number of nitrogen functional groups attached to an aromatic ring is 1. The smallest absolute Gasteiger partial charge is 0.340 e. The lowest BCUT2D eigenvalue weighted by atomic mass is 9.75. The summed E-state index contributed by atoms with van der Waals surface area (Å²) in [6.07, 6.45) is 2.46.